The Hall–Kier alpha value is 0.360. The van der Waals surface area contributed by atoms with Gasteiger partial charge in [0.1, 0.15) is 0 Å². The first-order chi connectivity index (χ1) is 3.43. The molecule has 0 aromatic carbocycles. The summed E-state index contributed by atoms with van der Waals surface area (Å²) in [7, 11) is 0. The Balaban J connectivity index is 2.28. The monoisotopic (exact) mass is 211 g/mol. The topological polar surface area (TPSA) is 21.6 Å². The number of rotatable bonds is 1. The molecule has 1 rings (SSSR count). The molecule has 1 heterocycles. The number of hydrogen-bond donors (Lipinski definition) is 0. The maximum Gasteiger partial charge on any atom is 0.157 e. The number of ether oxygens (including phenoxy) is 1. The van der Waals surface area contributed by atoms with Crippen molar-refractivity contribution in [2.24, 2.45) is 4.99 Å². The largest absolute Gasteiger partial charge is 0.350 e. The lowest BCUT2D eigenvalue weighted by molar-refractivity contribution is 0.131. The van der Waals surface area contributed by atoms with Crippen molar-refractivity contribution in [3.63, 3.8) is 0 Å². The Kier molecular flexibility index (Phi) is 2.05. The fourth-order valence-electron chi connectivity index (χ4n) is 0.442. The van der Waals surface area contributed by atoms with Crippen molar-refractivity contribution in [2.45, 2.75) is 6.23 Å². The lowest BCUT2D eigenvalue weighted by atomic mass is 10.7. The molecule has 0 aromatic heterocycles. The van der Waals surface area contributed by atoms with Crippen molar-refractivity contribution in [2.75, 3.05) is 11.0 Å². The van der Waals surface area contributed by atoms with Gasteiger partial charge in [-0.2, -0.15) is 0 Å². The molecule has 0 aromatic rings. The summed E-state index contributed by atoms with van der Waals surface area (Å²) in [5.41, 5.74) is 0. The van der Waals surface area contributed by atoms with Crippen molar-refractivity contribution in [1.82, 2.24) is 0 Å². The van der Waals surface area contributed by atoms with E-state index in [0.29, 0.717) is 6.61 Å². The van der Waals surface area contributed by atoms with E-state index in [9.17, 15) is 0 Å². The quantitative estimate of drug-likeness (QED) is 0.465. The molecule has 0 saturated heterocycles. The third kappa shape index (κ3) is 1.38. The van der Waals surface area contributed by atoms with Crippen molar-refractivity contribution >= 4 is 28.8 Å². The first-order valence-electron chi connectivity index (χ1n) is 2.12. The Labute approximate surface area is 56.1 Å². The third-order valence-electron chi connectivity index (χ3n) is 0.767. The van der Waals surface area contributed by atoms with Crippen molar-refractivity contribution < 1.29 is 4.74 Å². The minimum absolute atomic E-state index is 0.153. The van der Waals surface area contributed by atoms with Gasteiger partial charge in [-0.1, -0.05) is 22.6 Å². The summed E-state index contributed by atoms with van der Waals surface area (Å²) in [4.78, 5) is 4.00. The van der Waals surface area contributed by atoms with Crippen LogP contribution in [-0.2, 0) is 4.74 Å². The van der Waals surface area contributed by atoms with E-state index in [1.807, 2.05) is 6.21 Å². The maximum absolute atomic E-state index is 5.07. The summed E-state index contributed by atoms with van der Waals surface area (Å²) < 4.78 is 6.04. The first-order valence-corrected chi connectivity index (χ1v) is 3.65. The highest BCUT2D eigenvalue weighted by Crippen LogP contribution is 2.02. The highest BCUT2D eigenvalue weighted by atomic mass is 127. The molecule has 0 fully saturated rings. The molecule has 0 amide bonds. The Bertz CT molecular complexity index is 83.8. The van der Waals surface area contributed by atoms with Gasteiger partial charge in [0.25, 0.3) is 0 Å². The van der Waals surface area contributed by atoms with E-state index in [4.69, 9.17) is 4.74 Å². The molecule has 3 heteroatoms. The molecule has 0 aliphatic carbocycles. The van der Waals surface area contributed by atoms with Crippen LogP contribution < -0.4 is 0 Å². The smallest absolute Gasteiger partial charge is 0.157 e. The van der Waals surface area contributed by atoms with E-state index in [1.165, 1.54) is 0 Å². The maximum atomic E-state index is 5.07. The van der Waals surface area contributed by atoms with Gasteiger partial charge in [-0.3, -0.25) is 4.99 Å². The average molecular weight is 211 g/mol. The standard InChI is InChI=1S/C4H6INO/c5-3-4-6-1-2-7-4/h1,4H,2-3H2. The molecule has 1 aliphatic rings. The molecular weight excluding hydrogens is 205 g/mol. The fourth-order valence-corrected chi connectivity index (χ4v) is 0.924. The third-order valence-corrected chi connectivity index (χ3v) is 1.52. The Morgan fingerprint density at radius 3 is 3.14 bits per heavy atom. The van der Waals surface area contributed by atoms with Crippen LogP contribution in [0.1, 0.15) is 0 Å². The predicted octanol–water partition coefficient (Wildman–Crippen LogP) is 0.849. The lowest BCUT2D eigenvalue weighted by Gasteiger charge is -1.97. The van der Waals surface area contributed by atoms with E-state index in [-0.39, 0.29) is 6.23 Å². The van der Waals surface area contributed by atoms with Gasteiger partial charge >= 0.3 is 0 Å². The van der Waals surface area contributed by atoms with Crippen molar-refractivity contribution in [3.05, 3.63) is 0 Å². The molecule has 40 valence electrons. The molecule has 7 heavy (non-hydrogen) atoms. The lowest BCUT2D eigenvalue weighted by Crippen LogP contribution is -2.03. The fraction of sp³-hybridized carbons (Fsp3) is 0.750. The molecule has 0 spiro atoms. The first kappa shape index (κ1) is 5.50. The average Bonchev–Trinajstić information content (AvgIpc) is 2.14. The van der Waals surface area contributed by atoms with Gasteiger partial charge in [0, 0.05) is 10.6 Å². The minimum Gasteiger partial charge on any atom is -0.350 e. The summed E-state index contributed by atoms with van der Waals surface area (Å²) in [6.45, 7) is 0.702. The Morgan fingerprint density at radius 1 is 2.00 bits per heavy atom. The minimum atomic E-state index is 0.153. The summed E-state index contributed by atoms with van der Waals surface area (Å²) >= 11 is 2.25. The zero-order valence-corrected chi connectivity index (χ0v) is 5.96. The molecule has 1 atom stereocenters. The van der Waals surface area contributed by atoms with Gasteiger partial charge in [-0.25, -0.2) is 0 Å². The summed E-state index contributed by atoms with van der Waals surface area (Å²) in [5.74, 6) is 0. The van der Waals surface area contributed by atoms with Crippen LogP contribution in [0.15, 0.2) is 4.99 Å². The second-order valence-corrected chi connectivity index (χ2v) is 2.15. The van der Waals surface area contributed by atoms with E-state index in [0.717, 1.165) is 4.43 Å². The van der Waals surface area contributed by atoms with Gasteiger partial charge in [-0.05, 0) is 0 Å². The summed E-state index contributed by atoms with van der Waals surface area (Å²) in [6.07, 6.45) is 1.96. The second-order valence-electron chi connectivity index (χ2n) is 1.27. The summed E-state index contributed by atoms with van der Waals surface area (Å²) in [6, 6.07) is 0. The highest BCUT2D eigenvalue weighted by Gasteiger charge is 2.05. The van der Waals surface area contributed by atoms with Gasteiger partial charge in [-0.15, -0.1) is 0 Å². The molecule has 2 nitrogen and oxygen atoms in total. The van der Waals surface area contributed by atoms with Gasteiger partial charge in [0.05, 0.1) is 6.61 Å². The van der Waals surface area contributed by atoms with Crippen LogP contribution >= 0.6 is 22.6 Å². The molecule has 0 saturated carbocycles. The number of nitrogens with zero attached hydrogens (tertiary/aromatic N) is 1. The van der Waals surface area contributed by atoms with Crippen LogP contribution in [0.25, 0.3) is 0 Å². The molecule has 1 aliphatic heterocycles. The van der Waals surface area contributed by atoms with Gasteiger partial charge in [0.15, 0.2) is 6.23 Å². The van der Waals surface area contributed by atoms with Crippen LogP contribution in [0.4, 0.5) is 0 Å². The molecule has 0 bridgehead atoms. The molecular formula is C4H6INO. The number of alkyl halides is 1. The van der Waals surface area contributed by atoms with E-state index < -0.39 is 0 Å². The number of hydrogen-bond acceptors (Lipinski definition) is 2. The predicted molar refractivity (Wildman–Crippen MR) is 37.1 cm³/mol. The van der Waals surface area contributed by atoms with Gasteiger partial charge < -0.3 is 4.74 Å². The summed E-state index contributed by atoms with van der Waals surface area (Å²) in [5, 5.41) is 0. The van der Waals surface area contributed by atoms with Crippen LogP contribution in [0.5, 0.6) is 0 Å². The molecule has 0 N–H and O–H groups in total. The van der Waals surface area contributed by atoms with E-state index in [1.54, 1.807) is 0 Å². The molecule has 1 unspecified atom stereocenters. The second kappa shape index (κ2) is 2.61. The van der Waals surface area contributed by atoms with Gasteiger partial charge in [0.2, 0.25) is 0 Å². The van der Waals surface area contributed by atoms with E-state index >= 15 is 0 Å². The van der Waals surface area contributed by atoms with Crippen molar-refractivity contribution in [1.29, 1.82) is 0 Å². The van der Waals surface area contributed by atoms with Crippen LogP contribution in [0, 0.1) is 0 Å². The van der Waals surface area contributed by atoms with Crippen LogP contribution in [0.3, 0.4) is 0 Å². The zero-order valence-electron chi connectivity index (χ0n) is 3.80. The normalized spacial score (nSPS) is 29.0. The Morgan fingerprint density at radius 2 is 2.86 bits per heavy atom. The number of aliphatic imine (C=N–C) groups is 1. The highest BCUT2D eigenvalue weighted by molar-refractivity contribution is 14.1. The van der Waals surface area contributed by atoms with Crippen LogP contribution in [-0.4, -0.2) is 23.5 Å². The molecule has 0 radical (unpaired) electrons. The zero-order chi connectivity index (χ0) is 5.11. The van der Waals surface area contributed by atoms with E-state index in [2.05, 4.69) is 27.6 Å². The number of halogens is 1. The van der Waals surface area contributed by atoms with Crippen molar-refractivity contribution in [3.8, 4) is 0 Å². The van der Waals surface area contributed by atoms with Crippen LogP contribution in [0.2, 0.25) is 0 Å². The SMILES string of the molecule is ICC1N=CCO1.